The van der Waals surface area contributed by atoms with Crippen molar-refractivity contribution in [3.8, 4) is 11.5 Å². The highest BCUT2D eigenvalue weighted by Gasteiger charge is 2.41. The summed E-state index contributed by atoms with van der Waals surface area (Å²) in [4.78, 5) is 4.62. The second kappa shape index (κ2) is 10.3. The molecule has 0 spiro atoms. The second-order valence-electron chi connectivity index (χ2n) is 6.68. The summed E-state index contributed by atoms with van der Waals surface area (Å²) in [5.41, 5.74) is 1.22. The molecule has 0 aliphatic heterocycles. The number of hydrogen-bond donors (Lipinski definition) is 3. The Morgan fingerprint density at radius 3 is 2.46 bits per heavy atom. The van der Waals surface area contributed by atoms with Crippen molar-refractivity contribution >= 4 is 5.96 Å². The minimum atomic E-state index is 0.0316. The number of hydrogen-bond acceptors (Lipinski definition) is 4. The van der Waals surface area contributed by atoms with Gasteiger partial charge in [-0.05, 0) is 57.7 Å². The van der Waals surface area contributed by atoms with Crippen LogP contribution >= 0.6 is 0 Å². The first-order valence-electron chi connectivity index (χ1n) is 9.68. The Bertz CT molecular complexity index is 586. The fourth-order valence-electron chi connectivity index (χ4n) is 2.71. The summed E-state index contributed by atoms with van der Waals surface area (Å²) < 4.78 is 11.3. The molecule has 1 aliphatic carbocycles. The van der Waals surface area contributed by atoms with Crippen LogP contribution in [0.4, 0.5) is 0 Å². The Morgan fingerprint density at radius 2 is 1.85 bits per heavy atom. The van der Waals surface area contributed by atoms with Crippen LogP contribution in [-0.2, 0) is 6.42 Å². The highest BCUT2D eigenvalue weighted by atomic mass is 16.5. The van der Waals surface area contributed by atoms with Gasteiger partial charge in [0.15, 0.2) is 17.5 Å². The van der Waals surface area contributed by atoms with Gasteiger partial charge in [0.05, 0.1) is 26.4 Å². The van der Waals surface area contributed by atoms with Crippen molar-refractivity contribution in [2.24, 2.45) is 10.4 Å². The van der Waals surface area contributed by atoms with Crippen molar-refractivity contribution in [2.75, 3.05) is 39.5 Å². The molecule has 1 aromatic carbocycles. The third-order valence-electron chi connectivity index (χ3n) is 4.52. The number of guanidine groups is 1. The van der Waals surface area contributed by atoms with Gasteiger partial charge < -0.3 is 25.2 Å². The Morgan fingerprint density at radius 1 is 1.12 bits per heavy atom. The lowest BCUT2D eigenvalue weighted by Gasteiger charge is -2.15. The van der Waals surface area contributed by atoms with Crippen molar-refractivity contribution in [3.05, 3.63) is 23.8 Å². The minimum absolute atomic E-state index is 0.0316. The third-order valence-corrected chi connectivity index (χ3v) is 4.52. The van der Waals surface area contributed by atoms with E-state index in [0.29, 0.717) is 19.8 Å². The molecule has 146 valence electrons. The molecule has 1 fully saturated rings. The highest BCUT2D eigenvalue weighted by Crippen LogP contribution is 2.45. The first kappa shape index (κ1) is 20.4. The van der Waals surface area contributed by atoms with Crippen molar-refractivity contribution in [3.63, 3.8) is 0 Å². The van der Waals surface area contributed by atoms with E-state index in [4.69, 9.17) is 9.47 Å². The number of ether oxygens (including phenoxy) is 2. The number of aliphatic hydroxyl groups is 1. The molecule has 0 bridgehead atoms. The molecule has 2 rings (SSSR count). The average Bonchev–Trinajstić information content (AvgIpc) is 3.43. The SMILES string of the molecule is CCNC(=NCC1(CO)CC1)NCCc1ccc(OCC)c(OCC)c1. The molecule has 26 heavy (non-hydrogen) atoms. The predicted octanol–water partition coefficient (Wildman–Crippen LogP) is 2.35. The molecule has 0 radical (unpaired) electrons. The molecule has 0 atom stereocenters. The van der Waals surface area contributed by atoms with Crippen molar-refractivity contribution in [1.82, 2.24) is 10.6 Å². The number of nitrogens with one attached hydrogen (secondary N) is 2. The van der Waals surface area contributed by atoms with Crippen LogP contribution < -0.4 is 20.1 Å². The van der Waals surface area contributed by atoms with Crippen molar-refractivity contribution in [2.45, 2.75) is 40.0 Å². The van der Waals surface area contributed by atoms with Gasteiger partial charge >= 0.3 is 0 Å². The van der Waals surface area contributed by atoms with E-state index >= 15 is 0 Å². The predicted molar refractivity (Wildman–Crippen MR) is 105 cm³/mol. The molecule has 0 heterocycles. The molecule has 0 unspecified atom stereocenters. The lowest BCUT2D eigenvalue weighted by Crippen LogP contribution is -2.38. The summed E-state index contributed by atoms with van der Waals surface area (Å²) in [6, 6.07) is 6.09. The Balaban J connectivity index is 1.89. The first-order chi connectivity index (χ1) is 12.7. The molecule has 0 aromatic heterocycles. The Hall–Kier alpha value is -1.95. The van der Waals surface area contributed by atoms with Crippen LogP contribution in [0.5, 0.6) is 11.5 Å². The third kappa shape index (κ3) is 6.09. The Labute approximate surface area is 157 Å². The van der Waals surface area contributed by atoms with E-state index in [2.05, 4.69) is 28.6 Å². The normalized spacial score (nSPS) is 15.5. The molecule has 6 nitrogen and oxygen atoms in total. The van der Waals surface area contributed by atoms with E-state index in [-0.39, 0.29) is 12.0 Å². The van der Waals surface area contributed by atoms with Gasteiger partial charge in [-0.25, -0.2) is 0 Å². The molecular weight excluding hydrogens is 330 g/mol. The first-order valence-corrected chi connectivity index (χ1v) is 9.68. The topological polar surface area (TPSA) is 75.1 Å². The standard InChI is InChI=1S/C20H33N3O3/c1-4-21-19(23-14-20(15-24)10-11-20)22-12-9-16-7-8-17(25-5-2)18(13-16)26-6-3/h7-8,13,24H,4-6,9-12,14-15H2,1-3H3,(H2,21,22,23). The van der Waals surface area contributed by atoms with E-state index in [9.17, 15) is 5.11 Å². The molecule has 1 aliphatic rings. The van der Waals surface area contributed by atoms with Crippen molar-refractivity contribution in [1.29, 1.82) is 0 Å². The van der Waals surface area contributed by atoms with Crippen LogP contribution in [-0.4, -0.2) is 50.5 Å². The van der Waals surface area contributed by atoms with Crippen LogP contribution in [0.15, 0.2) is 23.2 Å². The number of benzene rings is 1. The molecule has 0 saturated heterocycles. The lowest BCUT2D eigenvalue weighted by molar-refractivity contribution is 0.217. The number of nitrogens with zero attached hydrogens (tertiary/aromatic N) is 1. The number of aliphatic hydroxyl groups excluding tert-OH is 1. The molecule has 1 saturated carbocycles. The van der Waals surface area contributed by atoms with Gasteiger partial charge in [0.2, 0.25) is 0 Å². The Kier molecular flexibility index (Phi) is 8.04. The van der Waals surface area contributed by atoms with Gasteiger partial charge in [-0.1, -0.05) is 6.07 Å². The quantitative estimate of drug-likeness (QED) is 0.416. The van der Waals surface area contributed by atoms with E-state index in [1.54, 1.807) is 0 Å². The molecule has 0 amide bonds. The van der Waals surface area contributed by atoms with Gasteiger partial charge in [-0.2, -0.15) is 0 Å². The van der Waals surface area contributed by atoms with Gasteiger partial charge in [-0.3, -0.25) is 4.99 Å². The van der Waals surface area contributed by atoms with Crippen LogP contribution in [0.2, 0.25) is 0 Å². The minimum Gasteiger partial charge on any atom is -0.490 e. The van der Waals surface area contributed by atoms with Crippen LogP contribution in [0.1, 0.15) is 39.2 Å². The van der Waals surface area contributed by atoms with Crippen LogP contribution in [0.25, 0.3) is 0 Å². The summed E-state index contributed by atoms with van der Waals surface area (Å²) in [7, 11) is 0. The van der Waals surface area contributed by atoms with Gasteiger partial charge in [0.25, 0.3) is 0 Å². The zero-order valence-electron chi connectivity index (χ0n) is 16.3. The summed E-state index contributed by atoms with van der Waals surface area (Å²) in [5, 5.41) is 16.1. The van der Waals surface area contributed by atoms with Gasteiger partial charge in [-0.15, -0.1) is 0 Å². The fourth-order valence-corrected chi connectivity index (χ4v) is 2.71. The summed E-state index contributed by atoms with van der Waals surface area (Å²) in [6.45, 7) is 9.73. The largest absolute Gasteiger partial charge is 0.490 e. The van der Waals surface area contributed by atoms with E-state index in [1.807, 2.05) is 26.0 Å². The zero-order chi connectivity index (χ0) is 18.8. The van der Waals surface area contributed by atoms with Gasteiger partial charge in [0, 0.05) is 18.5 Å². The van der Waals surface area contributed by atoms with E-state index in [1.165, 1.54) is 5.56 Å². The molecule has 1 aromatic rings. The van der Waals surface area contributed by atoms with Gasteiger partial charge in [0.1, 0.15) is 0 Å². The second-order valence-corrected chi connectivity index (χ2v) is 6.68. The summed E-state index contributed by atoms with van der Waals surface area (Å²) in [6.07, 6.45) is 3.00. The van der Waals surface area contributed by atoms with Crippen LogP contribution in [0, 0.1) is 5.41 Å². The molecular formula is C20H33N3O3. The lowest BCUT2D eigenvalue weighted by atomic mass is 10.1. The van der Waals surface area contributed by atoms with E-state index in [0.717, 1.165) is 49.8 Å². The number of aliphatic imine (C=N–C) groups is 1. The van der Waals surface area contributed by atoms with Crippen molar-refractivity contribution < 1.29 is 14.6 Å². The maximum atomic E-state index is 9.42. The van der Waals surface area contributed by atoms with E-state index < -0.39 is 0 Å². The molecule has 3 N–H and O–H groups in total. The maximum absolute atomic E-state index is 9.42. The molecule has 6 heteroatoms. The average molecular weight is 364 g/mol. The smallest absolute Gasteiger partial charge is 0.191 e. The maximum Gasteiger partial charge on any atom is 0.191 e. The van der Waals surface area contributed by atoms with Crippen LogP contribution in [0.3, 0.4) is 0 Å². The monoisotopic (exact) mass is 363 g/mol. The zero-order valence-corrected chi connectivity index (χ0v) is 16.3. The summed E-state index contributed by atoms with van der Waals surface area (Å²) in [5.74, 6) is 2.40. The number of rotatable bonds is 11. The fraction of sp³-hybridized carbons (Fsp3) is 0.650. The summed E-state index contributed by atoms with van der Waals surface area (Å²) >= 11 is 0. The highest BCUT2D eigenvalue weighted by molar-refractivity contribution is 5.79.